The van der Waals surface area contributed by atoms with E-state index >= 15 is 0 Å². The highest BCUT2D eigenvalue weighted by molar-refractivity contribution is 6.01. The van der Waals surface area contributed by atoms with E-state index in [4.69, 9.17) is 5.73 Å². The van der Waals surface area contributed by atoms with Gasteiger partial charge in [-0.3, -0.25) is 0 Å². The molecule has 0 atom stereocenters. The molecule has 0 fully saturated rings. The second-order valence-electron chi connectivity index (χ2n) is 5.08. The standard InChI is InChI=1S/C16H17N3/c1-9-4-5-12(6-10(9)2)13-7-11(3)19-16-15(13)14(17)8-18-16/h4-8H,17H2,1-3H3,(H,18,19). The van der Waals surface area contributed by atoms with Crippen LogP contribution >= 0.6 is 0 Å². The molecule has 0 radical (unpaired) electrons. The molecule has 0 saturated heterocycles. The van der Waals surface area contributed by atoms with Gasteiger partial charge in [-0.05, 0) is 49.1 Å². The molecule has 0 amide bonds. The topological polar surface area (TPSA) is 54.7 Å². The van der Waals surface area contributed by atoms with Crippen molar-refractivity contribution in [3.05, 3.63) is 47.3 Å². The minimum absolute atomic E-state index is 0.746. The number of H-pyrrole nitrogens is 1. The number of fused-ring (bicyclic) bond motifs is 1. The van der Waals surface area contributed by atoms with Crippen molar-refractivity contribution in [2.45, 2.75) is 20.8 Å². The van der Waals surface area contributed by atoms with Crippen molar-refractivity contribution >= 4 is 16.7 Å². The third-order valence-corrected chi connectivity index (χ3v) is 3.62. The predicted molar refractivity (Wildman–Crippen MR) is 80.2 cm³/mol. The maximum Gasteiger partial charge on any atom is 0.140 e. The highest BCUT2D eigenvalue weighted by atomic mass is 14.9. The number of anilines is 1. The smallest absolute Gasteiger partial charge is 0.140 e. The molecule has 3 aromatic rings. The zero-order valence-corrected chi connectivity index (χ0v) is 11.4. The molecule has 0 bridgehead atoms. The molecule has 3 nitrogen and oxygen atoms in total. The van der Waals surface area contributed by atoms with E-state index in [2.05, 4.69) is 48.1 Å². The van der Waals surface area contributed by atoms with Crippen LogP contribution in [0, 0.1) is 20.8 Å². The molecule has 0 unspecified atom stereocenters. The Labute approximate surface area is 112 Å². The number of nitrogens with two attached hydrogens (primary N) is 1. The number of nitrogen functional groups attached to an aromatic ring is 1. The number of nitrogens with zero attached hydrogens (tertiary/aromatic N) is 1. The van der Waals surface area contributed by atoms with E-state index in [0.717, 1.165) is 28.0 Å². The SMILES string of the molecule is Cc1cc(-c2ccc(C)c(C)c2)c2c(N)c[nH]c2n1. The van der Waals surface area contributed by atoms with Gasteiger partial charge in [0.1, 0.15) is 5.65 Å². The fourth-order valence-corrected chi connectivity index (χ4v) is 2.42. The Hall–Kier alpha value is -2.29. The van der Waals surface area contributed by atoms with Crippen LogP contribution in [0.1, 0.15) is 16.8 Å². The Morgan fingerprint density at radius 2 is 1.84 bits per heavy atom. The second-order valence-corrected chi connectivity index (χ2v) is 5.08. The van der Waals surface area contributed by atoms with Crippen LogP contribution < -0.4 is 5.73 Å². The van der Waals surface area contributed by atoms with Gasteiger partial charge in [0, 0.05) is 17.3 Å². The Morgan fingerprint density at radius 1 is 1.05 bits per heavy atom. The molecule has 0 aliphatic rings. The summed E-state index contributed by atoms with van der Waals surface area (Å²) >= 11 is 0. The van der Waals surface area contributed by atoms with Gasteiger partial charge < -0.3 is 10.7 Å². The highest BCUT2D eigenvalue weighted by Gasteiger charge is 2.11. The van der Waals surface area contributed by atoms with E-state index < -0.39 is 0 Å². The van der Waals surface area contributed by atoms with Gasteiger partial charge in [0.15, 0.2) is 0 Å². The number of nitrogens with one attached hydrogen (secondary N) is 1. The first-order valence-electron chi connectivity index (χ1n) is 6.38. The lowest BCUT2D eigenvalue weighted by atomic mass is 9.98. The fourth-order valence-electron chi connectivity index (χ4n) is 2.42. The molecule has 2 aromatic heterocycles. The summed E-state index contributed by atoms with van der Waals surface area (Å²) in [6, 6.07) is 8.59. The van der Waals surface area contributed by atoms with Crippen LogP contribution in [0.3, 0.4) is 0 Å². The van der Waals surface area contributed by atoms with E-state index in [1.807, 2.05) is 13.1 Å². The maximum absolute atomic E-state index is 6.06. The molecule has 96 valence electrons. The van der Waals surface area contributed by atoms with Gasteiger partial charge in [0.25, 0.3) is 0 Å². The van der Waals surface area contributed by atoms with Crippen molar-refractivity contribution in [1.82, 2.24) is 9.97 Å². The van der Waals surface area contributed by atoms with Gasteiger partial charge >= 0.3 is 0 Å². The molecule has 0 spiro atoms. The van der Waals surface area contributed by atoms with E-state index in [9.17, 15) is 0 Å². The summed E-state index contributed by atoms with van der Waals surface area (Å²) in [4.78, 5) is 7.62. The first-order valence-corrected chi connectivity index (χ1v) is 6.38. The van der Waals surface area contributed by atoms with Crippen LogP contribution in [0.15, 0.2) is 30.5 Å². The number of rotatable bonds is 1. The molecular weight excluding hydrogens is 234 g/mol. The molecule has 2 heterocycles. The lowest BCUT2D eigenvalue weighted by molar-refractivity contribution is 1.22. The van der Waals surface area contributed by atoms with Crippen molar-refractivity contribution < 1.29 is 0 Å². The van der Waals surface area contributed by atoms with Gasteiger partial charge in [0.05, 0.1) is 5.69 Å². The molecule has 3 rings (SSSR count). The van der Waals surface area contributed by atoms with Crippen molar-refractivity contribution in [3.63, 3.8) is 0 Å². The van der Waals surface area contributed by atoms with Crippen molar-refractivity contribution in [2.75, 3.05) is 5.73 Å². The highest BCUT2D eigenvalue weighted by Crippen LogP contribution is 2.33. The largest absolute Gasteiger partial charge is 0.397 e. The van der Waals surface area contributed by atoms with Crippen LogP contribution in [0.2, 0.25) is 0 Å². The first kappa shape index (κ1) is 11.8. The number of aryl methyl sites for hydroxylation is 3. The molecule has 0 aliphatic heterocycles. The maximum atomic E-state index is 6.06. The molecule has 0 saturated carbocycles. The number of benzene rings is 1. The molecule has 19 heavy (non-hydrogen) atoms. The number of aromatic nitrogens is 2. The van der Waals surface area contributed by atoms with E-state index in [1.165, 1.54) is 16.7 Å². The van der Waals surface area contributed by atoms with Crippen LogP contribution in [0.4, 0.5) is 5.69 Å². The van der Waals surface area contributed by atoms with E-state index in [0.29, 0.717) is 0 Å². The molecule has 1 aromatic carbocycles. The van der Waals surface area contributed by atoms with Crippen molar-refractivity contribution in [1.29, 1.82) is 0 Å². The normalized spacial score (nSPS) is 11.1. The van der Waals surface area contributed by atoms with Gasteiger partial charge in [-0.1, -0.05) is 18.2 Å². The van der Waals surface area contributed by atoms with Gasteiger partial charge in [0.2, 0.25) is 0 Å². The Kier molecular flexibility index (Phi) is 2.56. The molecule has 3 heteroatoms. The summed E-state index contributed by atoms with van der Waals surface area (Å²) in [5.74, 6) is 0. The summed E-state index contributed by atoms with van der Waals surface area (Å²) in [6.07, 6.45) is 1.81. The third-order valence-electron chi connectivity index (χ3n) is 3.62. The fraction of sp³-hybridized carbons (Fsp3) is 0.188. The van der Waals surface area contributed by atoms with Crippen LogP contribution in [0.5, 0.6) is 0 Å². The van der Waals surface area contributed by atoms with Crippen LogP contribution in [-0.4, -0.2) is 9.97 Å². The second kappa shape index (κ2) is 4.12. The van der Waals surface area contributed by atoms with Crippen molar-refractivity contribution in [3.8, 4) is 11.1 Å². The third kappa shape index (κ3) is 1.87. The quantitative estimate of drug-likeness (QED) is 0.692. The van der Waals surface area contributed by atoms with E-state index in [-0.39, 0.29) is 0 Å². The number of hydrogen-bond donors (Lipinski definition) is 2. The van der Waals surface area contributed by atoms with Gasteiger partial charge in [-0.15, -0.1) is 0 Å². The molecule has 0 aliphatic carbocycles. The molecular formula is C16H17N3. The molecule has 3 N–H and O–H groups in total. The number of hydrogen-bond acceptors (Lipinski definition) is 2. The lowest BCUT2D eigenvalue weighted by Gasteiger charge is -2.08. The Bertz CT molecular complexity index is 769. The Morgan fingerprint density at radius 3 is 2.58 bits per heavy atom. The van der Waals surface area contributed by atoms with Crippen LogP contribution in [-0.2, 0) is 0 Å². The summed E-state index contributed by atoms with van der Waals surface area (Å²) in [5, 5.41) is 1.01. The summed E-state index contributed by atoms with van der Waals surface area (Å²) in [6.45, 7) is 6.25. The predicted octanol–water partition coefficient (Wildman–Crippen LogP) is 3.74. The monoisotopic (exact) mass is 251 g/mol. The number of aromatic amines is 1. The summed E-state index contributed by atoms with van der Waals surface area (Å²) in [7, 11) is 0. The minimum atomic E-state index is 0.746. The average molecular weight is 251 g/mol. The summed E-state index contributed by atoms with van der Waals surface area (Å²) < 4.78 is 0. The van der Waals surface area contributed by atoms with Crippen LogP contribution in [0.25, 0.3) is 22.2 Å². The zero-order chi connectivity index (χ0) is 13.6. The number of pyridine rings is 1. The average Bonchev–Trinajstić information content (AvgIpc) is 2.73. The van der Waals surface area contributed by atoms with Gasteiger partial charge in [-0.2, -0.15) is 0 Å². The minimum Gasteiger partial charge on any atom is -0.397 e. The van der Waals surface area contributed by atoms with Crippen molar-refractivity contribution in [2.24, 2.45) is 0 Å². The Balaban J connectivity index is 2.34. The lowest BCUT2D eigenvalue weighted by Crippen LogP contribution is -1.91. The first-order chi connectivity index (χ1) is 9.06. The van der Waals surface area contributed by atoms with E-state index in [1.54, 1.807) is 0 Å². The zero-order valence-electron chi connectivity index (χ0n) is 11.4. The summed E-state index contributed by atoms with van der Waals surface area (Å²) in [5.41, 5.74) is 13.6. The van der Waals surface area contributed by atoms with Gasteiger partial charge in [-0.25, -0.2) is 4.98 Å².